The smallest absolute Gasteiger partial charge is 0.600 e. The number of thiophene rings is 1. The molecule has 122 valence electrons. The molecule has 0 spiro atoms. The highest BCUT2D eigenvalue weighted by atomic mass is 35.5. The summed E-state index contributed by atoms with van der Waals surface area (Å²) in [7, 11) is -1.71. The second-order valence-corrected chi connectivity index (χ2v) is 7.85. The molecule has 1 fully saturated rings. The summed E-state index contributed by atoms with van der Waals surface area (Å²) in [5, 5.41) is 0.786. The van der Waals surface area contributed by atoms with Gasteiger partial charge in [-0.2, -0.15) is 0 Å². The van der Waals surface area contributed by atoms with Gasteiger partial charge in [-0.3, -0.25) is 0 Å². The number of hydrogen-bond donors (Lipinski definition) is 0. The van der Waals surface area contributed by atoms with Gasteiger partial charge < -0.3 is 12.4 Å². The first kappa shape index (κ1) is 17.6. The number of aryl methyl sites for hydroxylation is 1. The van der Waals surface area contributed by atoms with Gasteiger partial charge in [-0.15, -0.1) is 13.2 Å². The average molecular weight is 349 g/mol. The van der Waals surface area contributed by atoms with Crippen molar-refractivity contribution >= 4 is 20.6 Å². The molecule has 2 aromatic rings. The van der Waals surface area contributed by atoms with Crippen molar-refractivity contribution in [3.63, 3.8) is 0 Å². The topological polar surface area (TPSA) is 0 Å². The molecule has 1 aromatic carbocycles. The summed E-state index contributed by atoms with van der Waals surface area (Å²) < 4.78 is 41.5. The number of halogens is 4. The monoisotopic (exact) mass is 348 g/mol. The molecule has 0 aliphatic heterocycles. The van der Waals surface area contributed by atoms with E-state index in [1.165, 1.54) is 0 Å². The first-order chi connectivity index (χ1) is 10.0. The zero-order valence-corrected chi connectivity index (χ0v) is 14.1. The van der Waals surface area contributed by atoms with E-state index in [1.807, 2.05) is 25.1 Å². The maximum Gasteiger partial charge on any atom is 0.600 e. The highest BCUT2D eigenvalue weighted by Gasteiger charge is 2.49. The fourth-order valence-electron chi connectivity index (χ4n) is 3.36. The lowest BCUT2D eigenvalue weighted by Crippen LogP contribution is -3.00. The molecule has 1 saturated carbocycles. The molecule has 0 bridgehead atoms. The normalized spacial score (nSPS) is 17.5. The van der Waals surface area contributed by atoms with E-state index >= 15 is 0 Å². The number of alkyl halides is 3. The number of hydrogen-bond acceptors (Lipinski definition) is 0. The van der Waals surface area contributed by atoms with E-state index in [-0.39, 0.29) is 18.3 Å². The van der Waals surface area contributed by atoms with Crippen LogP contribution in [0.5, 0.6) is 0 Å². The van der Waals surface area contributed by atoms with Crippen LogP contribution in [0.15, 0.2) is 24.3 Å². The molecule has 0 N–H and O–H groups in total. The van der Waals surface area contributed by atoms with Crippen LogP contribution in [-0.2, 0) is 11.9 Å². The van der Waals surface area contributed by atoms with Crippen molar-refractivity contribution in [2.75, 3.05) is 0 Å². The molecule has 0 amide bonds. The Kier molecular flexibility index (Phi) is 5.44. The van der Waals surface area contributed by atoms with Gasteiger partial charge in [-0.05, 0) is 30.9 Å². The van der Waals surface area contributed by atoms with Crippen LogP contribution >= 0.6 is 10.5 Å². The lowest BCUT2D eigenvalue weighted by atomic mass is 9.88. The van der Waals surface area contributed by atoms with Crippen molar-refractivity contribution in [3.8, 4) is 0 Å². The quantitative estimate of drug-likeness (QED) is 0.726. The van der Waals surface area contributed by atoms with Crippen LogP contribution in [0.25, 0.3) is 10.1 Å². The minimum absolute atomic E-state index is 0. The van der Waals surface area contributed by atoms with Crippen molar-refractivity contribution in [2.24, 2.45) is 0 Å². The summed E-state index contributed by atoms with van der Waals surface area (Å²) in [5.41, 5.74) is -3.16. The van der Waals surface area contributed by atoms with Gasteiger partial charge in [0.25, 0.3) is 0 Å². The molecule has 1 aliphatic rings. The average Bonchev–Trinajstić information content (AvgIpc) is 2.86. The third-order valence-electron chi connectivity index (χ3n) is 4.48. The zero-order valence-electron chi connectivity index (χ0n) is 12.5. The maximum atomic E-state index is 13.7. The van der Waals surface area contributed by atoms with Crippen molar-refractivity contribution < 1.29 is 25.6 Å². The highest BCUT2D eigenvalue weighted by Crippen LogP contribution is 2.55. The lowest BCUT2D eigenvalue weighted by Gasteiger charge is -2.18. The van der Waals surface area contributed by atoms with Gasteiger partial charge in [-0.25, -0.2) is 0 Å². The highest BCUT2D eigenvalue weighted by molar-refractivity contribution is 7.38. The molecule has 1 atom stereocenters. The first-order valence-electron chi connectivity index (χ1n) is 7.66. The Hall–Kier alpha value is -0.740. The molecule has 1 aliphatic carbocycles. The SMILES string of the molecule is CCc1ccc2cc(C3CCCCC3)[s+](C(F)(F)F)c2c1.[Cl-]. The second-order valence-electron chi connectivity index (χ2n) is 5.86. The molecule has 0 saturated heterocycles. The van der Waals surface area contributed by atoms with Crippen LogP contribution in [0.1, 0.15) is 55.4 Å². The number of benzene rings is 1. The van der Waals surface area contributed by atoms with Gasteiger partial charge in [0.1, 0.15) is 0 Å². The second kappa shape index (κ2) is 6.79. The lowest BCUT2D eigenvalue weighted by molar-refractivity contribution is -0.0868. The molecule has 0 radical (unpaired) electrons. The van der Waals surface area contributed by atoms with E-state index in [2.05, 4.69) is 0 Å². The molecular formula is C17H20ClF3S. The van der Waals surface area contributed by atoms with Crippen molar-refractivity contribution in [1.82, 2.24) is 0 Å². The van der Waals surface area contributed by atoms with Gasteiger partial charge in [0.2, 0.25) is 0 Å². The predicted octanol–water partition coefficient (Wildman–Crippen LogP) is 3.68. The fraction of sp³-hybridized carbons (Fsp3) is 0.529. The number of rotatable bonds is 2. The Balaban J connectivity index is 0.00000176. The van der Waals surface area contributed by atoms with Crippen molar-refractivity contribution in [2.45, 2.75) is 56.9 Å². The molecule has 5 heteroatoms. The standard InChI is InChI=1S/C17H20F3S.ClH/c1-2-12-8-9-14-11-16(13-6-4-3-5-7-13)21(15(14)10-12)17(18,19)20;/h8-11,13H,2-7H2,1H3;1H/q+1;/p-1. The Labute approximate surface area is 138 Å². The van der Waals surface area contributed by atoms with Crippen molar-refractivity contribution in [3.05, 3.63) is 34.7 Å². The third kappa shape index (κ3) is 3.28. The Morgan fingerprint density at radius 3 is 2.36 bits per heavy atom. The van der Waals surface area contributed by atoms with Crippen LogP contribution in [0.3, 0.4) is 0 Å². The summed E-state index contributed by atoms with van der Waals surface area (Å²) in [6.45, 7) is 1.98. The summed E-state index contributed by atoms with van der Waals surface area (Å²) in [6, 6.07) is 7.44. The summed E-state index contributed by atoms with van der Waals surface area (Å²) >= 11 is 0. The van der Waals surface area contributed by atoms with Gasteiger partial charge in [0, 0.05) is 23.4 Å². The van der Waals surface area contributed by atoms with E-state index in [0.29, 0.717) is 9.58 Å². The largest absolute Gasteiger partial charge is 1.00 e. The van der Waals surface area contributed by atoms with E-state index < -0.39 is 16.0 Å². The fourth-order valence-corrected chi connectivity index (χ4v) is 5.58. The van der Waals surface area contributed by atoms with Crippen LogP contribution in [0, 0.1) is 0 Å². The Morgan fingerprint density at radius 1 is 1.09 bits per heavy atom. The van der Waals surface area contributed by atoms with Crippen LogP contribution in [-0.4, -0.2) is 0 Å². The van der Waals surface area contributed by atoms with E-state index in [1.54, 1.807) is 6.07 Å². The Bertz CT molecular complexity index is 639. The predicted molar refractivity (Wildman–Crippen MR) is 82.9 cm³/mol. The summed E-state index contributed by atoms with van der Waals surface area (Å²) in [4.78, 5) is 0.644. The van der Waals surface area contributed by atoms with Gasteiger partial charge in [0.05, 0.1) is 10.5 Å². The van der Waals surface area contributed by atoms with Gasteiger partial charge >= 0.3 is 5.51 Å². The van der Waals surface area contributed by atoms with Crippen molar-refractivity contribution in [1.29, 1.82) is 0 Å². The van der Waals surface area contributed by atoms with E-state index in [4.69, 9.17) is 0 Å². The van der Waals surface area contributed by atoms with Gasteiger partial charge in [0.15, 0.2) is 9.58 Å². The van der Waals surface area contributed by atoms with Crippen LogP contribution in [0.2, 0.25) is 0 Å². The van der Waals surface area contributed by atoms with Crippen LogP contribution < -0.4 is 12.4 Å². The van der Waals surface area contributed by atoms with Gasteiger partial charge in [-0.1, -0.05) is 32.3 Å². The molecule has 1 aromatic heterocycles. The molecule has 1 unspecified atom stereocenters. The maximum absolute atomic E-state index is 13.7. The Morgan fingerprint density at radius 2 is 1.77 bits per heavy atom. The van der Waals surface area contributed by atoms with E-state index in [9.17, 15) is 13.2 Å². The molecule has 22 heavy (non-hydrogen) atoms. The molecule has 0 nitrogen and oxygen atoms in total. The minimum Gasteiger partial charge on any atom is -1.00 e. The summed E-state index contributed by atoms with van der Waals surface area (Å²) in [6.07, 6.45) is 5.90. The minimum atomic E-state index is -4.15. The molecular weight excluding hydrogens is 329 g/mol. The van der Waals surface area contributed by atoms with E-state index in [0.717, 1.165) is 49.5 Å². The third-order valence-corrected chi connectivity index (χ3v) is 6.66. The molecule has 3 rings (SSSR count). The number of fused-ring (bicyclic) bond motifs is 1. The van der Waals surface area contributed by atoms with Crippen LogP contribution in [0.4, 0.5) is 13.2 Å². The zero-order chi connectivity index (χ0) is 15.0. The summed E-state index contributed by atoms with van der Waals surface area (Å²) in [5.74, 6) is 0.126. The first-order valence-corrected chi connectivity index (χ1v) is 8.89. The molecule has 1 heterocycles.